The largest absolute Gasteiger partial charge is 0.493 e. The Morgan fingerprint density at radius 3 is 2.47 bits per heavy atom. The highest BCUT2D eigenvalue weighted by Gasteiger charge is 2.27. The van der Waals surface area contributed by atoms with Gasteiger partial charge in [0, 0.05) is 31.1 Å². The molecule has 0 saturated carbocycles. The topological polar surface area (TPSA) is 85.7 Å². The van der Waals surface area contributed by atoms with E-state index in [4.69, 9.17) is 9.47 Å². The molecule has 8 heteroatoms. The lowest BCUT2D eigenvalue weighted by molar-refractivity contribution is -0.116. The monoisotopic (exact) mass is 414 g/mol. The molecule has 0 atom stereocenters. The molecule has 1 saturated heterocycles. The minimum absolute atomic E-state index is 0.00665. The van der Waals surface area contributed by atoms with Crippen molar-refractivity contribution in [1.29, 1.82) is 0 Å². The lowest BCUT2D eigenvalue weighted by Gasteiger charge is -2.33. The van der Waals surface area contributed by atoms with Gasteiger partial charge in [-0.2, -0.15) is 5.10 Å². The smallest absolute Gasteiger partial charge is 0.253 e. The number of methoxy groups -OCH3 is 2. The SMILES string of the molecule is COc1ccc(C(=O)N2CCC(n3nccc3NC(=O)CC(C)C)CC2)cc1OC. The van der Waals surface area contributed by atoms with E-state index in [1.54, 1.807) is 38.6 Å². The van der Waals surface area contributed by atoms with Crippen LogP contribution in [0.15, 0.2) is 30.5 Å². The van der Waals surface area contributed by atoms with Crippen molar-refractivity contribution in [2.45, 2.75) is 39.2 Å². The van der Waals surface area contributed by atoms with E-state index in [0.717, 1.165) is 12.8 Å². The number of hydrogen-bond donors (Lipinski definition) is 1. The highest BCUT2D eigenvalue weighted by molar-refractivity contribution is 5.95. The van der Waals surface area contributed by atoms with E-state index in [9.17, 15) is 9.59 Å². The number of likely N-dealkylation sites (tertiary alicyclic amines) is 1. The van der Waals surface area contributed by atoms with Crippen LogP contribution in [-0.4, -0.2) is 53.8 Å². The summed E-state index contributed by atoms with van der Waals surface area (Å²) in [5.41, 5.74) is 0.576. The van der Waals surface area contributed by atoms with Crippen LogP contribution in [-0.2, 0) is 4.79 Å². The lowest BCUT2D eigenvalue weighted by Crippen LogP contribution is -2.39. The van der Waals surface area contributed by atoms with Gasteiger partial charge in [-0.15, -0.1) is 0 Å². The van der Waals surface area contributed by atoms with Gasteiger partial charge in [0.15, 0.2) is 11.5 Å². The molecule has 1 aliphatic rings. The number of aromatic nitrogens is 2. The molecule has 0 radical (unpaired) electrons. The summed E-state index contributed by atoms with van der Waals surface area (Å²) in [6.07, 6.45) is 3.72. The summed E-state index contributed by atoms with van der Waals surface area (Å²) in [7, 11) is 3.12. The van der Waals surface area contributed by atoms with Crippen molar-refractivity contribution in [3.05, 3.63) is 36.0 Å². The van der Waals surface area contributed by atoms with Crippen molar-refractivity contribution in [2.24, 2.45) is 5.92 Å². The van der Waals surface area contributed by atoms with E-state index >= 15 is 0 Å². The fourth-order valence-electron chi connectivity index (χ4n) is 3.73. The molecule has 1 fully saturated rings. The van der Waals surface area contributed by atoms with Crippen LogP contribution < -0.4 is 14.8 Å². The molecular formula is C22H30N4O4. The molecule has 8 nitrogen and oxygen atoms in total. The number of rotatable bonds is 7. The fraction of sp³-hybridized carbons (Fsp3) is 0.500. The molecule has 1 aromatic carbocycles. The number of piperidine rings is 1. The third kappa shape index (κ3) is 4.93. The zero-order valence-corrected chi connectivity index (χ0v) is 18.1. The second kappa shape index (κ2) is 9.65. The Morgan fingerprint density at radius 2 is 1.83 bits per heavy atom. The van der Waals surface area contributed by atoms with E-state index in [-0.39, 0.29) is 17.9 Å². The fourth-order valence-corrected chi connectivity index (χ4v) is 3.73. The minimum Gasteiger partial charge on any atom is -0.493 e. The Labute approximate surface area is 177 Å². The normalized spacial score (nSPS) is 14.6. The van der Waals surface area contributed by atoms with Crippen LogP contribution in [0.4, 0.5) is 5.82 Å². The molecular weight excluding hydrogens is 384 g/mol. The Hall–Kier alpha value is -3.03. The van der Waals surface area contributed by atoms with Crippen LogP contribution in [0.25, 0.3) is 0 Å². The number of amides is 2. The molecule has 30 heavy (non-hydrogen) atoms. The van der Waals surface area contributed by atoms with E-state index in [2.05, 4.69) is 10.4 Å². The quantitative estimate of drug-likeness (QED) is 0.751. The molecule has 2 aromatic rings. The van der Waals surface area contributed by atoms with Crippen molar-refractivity contribution in [3.63, 3.8) is 0 Å². The Bertz CT molecular complexity index is 885. The Morgan fingerprint density at radius 1 is 1.13 bits per heavy atom. The van der Waals surface area contributed by atoms with Gasteiger partial charge in [-0.05, 0) is 37.0 Å². The number of carbonyl (C=O) groups excluding carboxylic acids is 2. The first-order valence-corrected chi connectivity index (χ1v) is 10.3. The van der Waals surface area contributed by atoms with E-state index < -0.39 is 0 Å². The number of nitrogens with one attached hydrogen (secondary N) is 1. The first kappa shape index (κ1) is 21.7. The number of nitrogens with zero attached hydrogens (tertiary/aromatic N) is 3. The summed E-state index contributed by atoms with van der Waals surface area (Å²) in [5, 5.41) is 7.37. The van der Waals surface area contributed by atoms with Crippen LogP contribution >= 0.6 is 0 Å². The van der Waals surface area contributed by atoms with Gasteiger partial charge in [0.05, 0.1) is 26.5 Å². The molecule has 162 valence electrons. The predicted octanol–water partition coefficient (Wildman–Crippen LogP) is 3.36. The van der Waals surface area contributed by atoms with Crippen molar-refractivity contribution in [2.75, 3.05) is 32.6 Å². The molecule has 0 aliphatic carbocycles. The van der Waals surface area contributed by atoms with Crippen LogP contribution in [0.1, 0.15) is 49.5 Å². The summed E-state index contributed by atoms with van der Waals surface area (Å²) in [4.78, 5) is 26.9. The van der Waals surface area contributed by atoms with E-state index in [0.29, 0.717) is 48.3 Å². The summed E-state index contributed by atoms with van der Waals surface area (Å²) in [6, 6.07) is 7.17. The number of anilines is 1. The minimum atomic E-state index is -0.0275. The van der Waals surface area contributed by atoms with Crippen LogP contribution in [0, 0.1) is 5.92 Å². The molecule has 0 unspecified atom stereocenters. The van der Waals surface area contributed by atoms with Gasteiger partial charge >= 0.3 is 0 Å². The summed E-state index contributed by atoms with van der Waals surface area (Å²) in [5.74, 6) is 2.11. The first-order chi connectivity index (χ1) is 14.4. The Balaban J connectivity index is 1.62. The average Bonchev–Trinajstić information content (AvgIpc) is 3.20. The summed E-state index contributed by atoms with van der Waals surface area (Å²) >= 11 is 0. The number of hydrogen-bond acceptors (Lipinski definition) is 5. The number of benzene rings is 1. The highest BCUT2D eigenvalue weighted by atomic mass is 16.5. The van der Waals surface area contributed by atoms with Crippen LogP contribution in [0.5, 0.6) is 11.5 Å². The highest BCUT2D eigenvalue weighted by Crippen LogP contribution is 2.30. The summed E-state index contributed by atoms with van der Waals surface area (Å²) < 4.78 is 12.4. The lowest BCUT2D eigenvalue weighted by atomic mass is 10.0. The van der Waals surface area contributed by atoms with Crippen LogP contribution in [0.3, 0.4) is 0 Å². The molecule has 2 amide bonds. The van der Waals surface area contributed by atoms with Gasteiger partial charge in [-0.1, -0.05) is 13.8 Å². The third-order valence-corrected chi connectivity index (χ3v) is 5.26. The zero-order chi connectivity index (χ0) is 21.7. The Kier molecular flexibility index (Phi) is 6.97. The molecule has 1 aliphatic heterocycles. The van der Waals surface area contributed by atoms with Gasteiger partial charge in [-0.3, -0.25) is 9.59 Å². The van der Waals surface area contributed by atoms with Crippen molar-refractivity contribution in [3.8, 4) is 11.5 Å². The molecule has 0 bridgehead atoms. The van der Waals surface area contributed by atoms with Gasteiger partial charge in [-0.25, -0.2) is 4.68 Å². The zero-order valence-electron chi connectivity index (χ0n) is 18.1. The molecule has 3 rings (SSSR count). The third-order valence-electron chi connectivity index (χ3n) is 5.26. The van der Waals surface area contributed by atoms with Crippen LogP contribution in [0.2, 0.25) is 0 Å². The maximum Gasteiger partial charge on any atom is 0.253 e. The molecule has 1 N–H and O–H groups in total. The molecule has 1 aromatic heterocycles. The van der Waals surface area contributed by atoms with Crippen molar-refractivity contribution >= 4 is 17.6 Å². The van der Waals surface area contributed by atoms with E-state index in [1.165, 1.54) is 0 Å². The predicted molar refractivity (Wildman–Crippen MR) is 114 cm³/mol. The van der Waals surface area contributed by atoms with Gasteiger partial charge in [0.2, 0.25) is 5.91 Å². The summed E-state index contributed by atoms with van der Waals surface area (Å²) in [6.45, 7) is 5.28. The van der Waals surface area contributed by atoms with E-state index in [1.807, 2.05) is 29.5 Å². The van der Waals surface area contributed by atoms with Gasteiger partial charge < -0.3 is 19.7 Å². The number of ether oxygens (including phenoxy) is 2. The second-order valence-electron chi connectivity index (χ2n) is 7.90. The first-order valence-electron chi connectivity index (χ1n) is 10.3. The van der Waals surface area contributed by atoms with Crippen molar-refractivity contribution in [1.82, 2.24) is 14.7 Å². The van der Waals surface area contributed by atoms with Gasteiger partial charge in [0.25, 0.3) is 5.91 Å². The maximum absolute atomic E-state index is 12.9. The van der Waals surface area contributed by atoms with Crippen molar-refractivity contribution < 1.29 is 19.1 Å². The molecule has 2 heterocycles. The standard InChI is InChI=1S/C22H30N4O4/c1-15(2)13-21(27)24-20-7-10-23-26(20)17-8-11-25(12-9-17)22(28)16-5-6-18(29-3)19(14-16)30-4/h5-7,10,14-15,17H,8-9,11-13H2,1-4H3,(H,24,27). The van der Waals surface area contributed by atoms with Gasteiger partial charge in [0.1, 0.15) is 5.82 Å². The second-order valence-corrected chi connectivity index (χ2v) is 7.90. The number of carbonyl (C=O) groups is 2. The maximum atomic E-state index is 12.9. The molecule has 0 spiro atoms. The average molecular weight is 415 g/mol.